The van der Waals surface area contributed by atoms with Crippen molar-refractivity contribution in [2.24, 2.45) is 0 Å². The first kappa shape index (κ1) is 13.9. The van der Waals surface area contributed by atoms with Gasteiger partial charge in [0.2, 0.25) is 0 Å². The third-order valence-electron chi connectivity index (χ3n) is 2.60. The van der Waals surface area contributed by atoms with Gasteiger partial charge in [-0.15, -0.1) is 0 Å². The topological polar surface area (TPSA) is 49.7 Å². The highest BCUT2D eigenvalue weighted by molar-refractivity contribution is 6.58. The molecule has 0 radical (unpaired) electrons. The first-order chi connectivity index (χ1) is 9.08. The Balaban J connectivity index is 2.10. The van der Waals surface area contributed by atoms with Crippen LogP contribution in [0.4, 0.5) is 4.39 Å². The Labute approximate surface area is 115 Å². The smallest absolute Gasteiger partial charge is 0.487 e. The van der Waals surface area contributed by atoms with Crippen molar-refractivity contribution in [3.05, 3.63) is 58.9 Å². The number of para-hydroxylation sites is 1. The van der Waals surface area contributed by atoms with E-state index < -0.39 is 12.9 Å². The maximum Gasteiger partial charge on any atom is 0.488 e. The lowest BCUT2D eigenvalue weighted by atomic mass is 9.80. The van der Waals surface area contributed by atoms with Crippen LogP contribution in [0.15, 0.2) is 42.5 Å². The summed E-state index contributed by atoms with van der Waals surface area (Å²) in [6, 6.07) is 10.8. The van der Waals surface area contributed by atoms with Crippen LogP contribution >= 0.6 is 11.6 Å². The van der Waals surface area contributed by atoms with Crippen LogP contribution in [0.5, 0.6) is 5.75 Å². The second kappa shape index (κ2) is 6.06. The molecule has 0 aliphatic heterocycles. The average Bonchev–Trinajstić information content (AvgIpc) is 2.39. The van der Waals surface area contributed by atoms with Crippen LogP contribution in [0.1, 0.15) is 5.56 Å². The van der Waals surface area contributed by atoms with Crippen molar-refractivity contribution in [1.29, 1.82) is 0 Å². The summed E-state index contributed by atoms with van der Waals surface area (Å²) in [7, 11) is -1.69. The number of benzene rings is 2. The molecule has 19 heavy (non-hydrogen) atoms. The number of ether oxygens (including phenoxy) is 1. The van der Waals surface area contributed by atoms with Crippen LogP contribution in [-0.4, -0.2) is 17.2 Å². The summed E-state index contributed by atoms with van der Waals surface area (Å²) < 4.78 is 19.1. The normalized spacial score (nSPS) is 10.3. The van der Waals surface area contributed by atoms with E-state index >= 15 is 0 Å². The van der Waals surface area contributed by atoms with Gasteiger partial charge in [-0.2, -0.15) is 0 Å². The molecule has 2 aromatic carbocycles. The molecule has 0 aliphatic carbocycles. The van der Waals surface area contributed by atoms with Gasteiger partial charge in [0, 0.05) is 5.56 Å². The van der Waals surface area contributed by atoms with Gasteiger partial charge in [-0.25, -0.2) is 4.39 Å². The monoisotopic (exact) mass is 280 g/mol. The van der Waals surface area contributed by atoms with Crippen LogP contribution in [0, 0.1) is 5.82 Å². The predicted octanol–water partition coefficient (Wildman–Crippen LogP) is 1.74. The SMILES string of the molecule is OB(O)c1ccc(COc2ccccc2Cl)c(F)c1. The minimum atomic E-state index is -1.69. The molecule has 98 valence electrons. The minimum Gasteiger partial charge on any atom is -0.487 e. The molecule has 6 heteroatoms. The Hall–Kier alpha value is -1.56. The molecular weight excluding hydrogens is 269 g/mol. The molecule has 2 aromatic rings. The molecule has 3 nitrogen and oxygen atoms in total. The number of hydrogen-bond donors (Lipinski definition) is 2. The highest BCUT2D eigenvalue weighted by Gasteiger charge is 2.13. The Morgan fingerprint density at radius 2 is 1.89 bits per heavy atom. The summed E-state index contributed by atoms with van der Waals surface area (Å²) in [5.74, 6) is -0.0903. The van der Waals surface area contributed by atoms with E-state index in [0.29, 0.717) is 16.3 Å². The molecule has 0 amide bonds. The fourth-order valence-electron chi connectivity index (χ4n) is 1.56. The van der Waals surface area contributed by atoms with Crippen LogP contribution in [0.2, 0.25) is 5.02 Å². The van der Waals surface area contributed by atoms with Crippen LogP contribution in [0.3, 0.4) is 0 Å². The van der Waals surface area contributed by atoms with E-state index in [9.17, 15) is 4.39 Å². The highest BCUT2D eigenvalue weighted by atomic mass is 35.5. The lowest BCUT2D eigenvalue weighted by Gasteiger charge is -2.09. The third-order valence-corrected chi connectivity index (χ3v) is 2.91. The molecular formula is C13H11BClFO3. The molecule has 0 bridgehead atoms. The molecule has 0 unspecified atom stereocenters. The molecule has 0 saturated carbocycles. The zero-order chi connectivity index (χ0) is 13.8. The Kier molecular flexibility index (Phi) is 4.42. The fraction of sp³-hybridized carbons (Fsp3) is 0.0769. The maximum atomic E-state index is 13.7. The fourth-order valence-corrected chi connectivity index (χ4v) is 1.75. The van der Waals surface area contributed by atoms with E-state index in [2.05, 4.69) is 0 Å². The summed E-state index contributed by atoms with van der Waals surface area (Å²) in [5, 5.41) is 18.3. The van der Waals surface area contributed by atoms with Crippen molar-refractivity contribution in [1.82, 2.24) is 0 Å². The lowest BCUT2D eigenvalue weighted by Crippen LogP contribution is -2.30. The van der Waals surface area contributed by atoms with Gasteiger partial charge in [-0.1, -0.05) is 35.9 Å². The summed E-state index contributed by atoms with van der Waals surface area (Å²) in [4.78, 5) is 0. The van der Waals surface area contributed by atoms with Gasteiger partial charge in [0.05, 0.1) is 5.02 Å². The summed E-state index contributed by atoms with van der Waals surface area (Å²) >= 11 is 5.91. The van der Waals surface area contributed by atoms with E-state index in [1.807, 2.05) is 0 Å². The molecule has 2 N–H and O–H groups in total. The summed E-state index contributed by atoms with van der Waals surface area (Å²) in [6.07, 6.45) is 0. The standard InChI is InChI=1S/C13H11BClFO3/c15-11-3-1-2-4-13(11)19-8-9-5-6-10(14(17)18)7-12(9)16/h1-7,17-18H,8H2. The van der Waals surface area contributed by atoms with Gasteiger partial charge in [-0.3, -0.25) is 0 Å². The number of halogens is 2. The van der Waals surface area contributed by atoms with Gasteiger partial charge in [-0.05, 0) is 23.7 Å². The Morgan fingerprint density at radius 3 is 2.53 bits per heavy atom. The zero-order valence-electron chi connectivity index (χ0n) is 9.88. The minimum absolute atomic E-state index is 0.0113. The van der Waals surface area contributed by atoms with Gasteiger partial charge in [0.1, 0.15) is 18.2 Å². The molecule has 0 spiro atoms. The highest BCUT2D eigenvalue weighted by Crippen LogP contribution is 2.24. The Morgan fingerprint density at radius 1 is 1.16 bits per heavy atom. The maximum absolute atomic E-state index is 13.7. The summed E-state index contributed by atoms with van der Waals surface area (Å²) in [6.45, 7) is 0.0113. The molecule has 0 heterocycles. The van der Waals surface area contributed by atoms with Crippen LogP contribution in [0.25, 0.3) is 0 Å². The lowest BCUT2D eigenvalue weighted by molar-refractivity contribution is 0.300. The molecule has 0 atom stereocenters. The van der Waals surface area contributed by atoms with E-state index in [0.717, 1.165) is 6.07 Å². The first-order valence-corrected chi connectivity index (χ1v) is 5.97. The van der Waals surface area contributed by atoms with Crippen molar-refractivity contribution >= 4 is 24.2 Å². The van der Waals surface area contributed by atoms with Gasteiger partial charge in [0.25, 0.3) is 0 Å². The van der Waals surface area contributed by atoms with E-state index in [-0.39, 0.29) is 12.1 Å². The molecule has 0 saturated heterocycles. The van der Waals surface area contributed by atoms with Crippen molar-refractivity contribution < 1.29 is 19.2 Å². The van der Waals surface area contributed by atoms with Gasteiger partial charge in [0.15, 0.2) is 0 Å². The van der Waals surface area contributed by atoms with Crippen molar-refractivity contribution in [3.8, 4) is 5.75 Å². The number of rotatable bonds is 4. The first-order valence-electron chi connectivity index (χ1n) is 5.59. The van der Waals surface area contributed by atoms with Crippen molar-refractivity contribution in [3.63, 3.8) is 0 Å². The average molecular weight is 280 g/mol. The predicted molar refractivity (Wildman–Crippen MR) is 72.0 cm³/mol. The molecule has 2 rings (SSSR count). The van der Waals surface area contributed by atoms with Crippen LogP contribution < -0.4 is 10.2 Å². The van der Waals surface area contributed by atoms with Gasteiger partial charge < -0.3 is 14.8 Å². The third kappa shape index (κ3) is 3.47. The van der Waals surface area contributed by atoms with Crippen LogP contribution in [-0.2, 0) is 6.61 Å². The van der Waals surface area contributed by atoms with Gasteiger partial charge >= 0.3 is 7.12 Å². The number of hydrogen-bond acceptors (Lipinski definition) is 3. The zero-order valence-corrected chi connectivity index (χ0v) is 10.6. The van der Waals surface area contributed by atoms with E-state index in [4.69, 9.17) is 26.4 Å². The van der Waals surface area contributed by atoms with Crippen molar-refractivity contribution in [2.75, 3.05) is 0 Å². The van der Waals surface area contributed by atoms with E-state index in [1.54, 1.807) is 24.3 Å². The summed E-state index contributed by atoms with van der Waals surface area (Å²) in [5.41, 5.74) is 0.406. The largest absolute Gasteiger partial charge is 0.488 e. The quantitative estimate of drug-likeness (QED) is 0.839. The van der Waals surface area contributed by atoms with E-state index in [1.165, 1.54) is 12.1 Å². The molecule has 0 fully saturated rings. The molecule has 0 aliphatic rings. The Bertz CT molecular complexity index is 578. The van der Waals surface area contributed by atoms with Crippen molar-refractivity contribution in [2.45, 2.75) is 6.61 Å². The second-order valence-electron chi connectivity index (χ2n) is 3.94. The molecule has 0 aromatic heterocycles. The second-order valence-corrected chi connectivity index (χ2v) is 4.35.